The van der Waals surface area contributed by atoms with Crippen LogP contribution in [0.5, 0.6) is 0 Å². The van der Waals surface area contributed by atoms with Crippen LogP contribution in [0.4, 0.5) is 19.5 Å². The molecule has 0 bridgehead atoms. The lowest BCUT2D eigenvalue weighted by molar-refractivity contribution is 0.0170. The fraction of sp³-hybridized carbons (Fsp3) is 0.125. The number of nitrogens with zero attached hydrogens (tertiary/aromatic N) is 1. The van der Waals surface area contributed by atoms with Gasteiger partial charge in [0.1, 0.15) is 21.5 Å². The Morgan fingerprint density at radius 2 is 2.15 bits per heavy atom. The molecule has 6 nitrogen and oxygen atoms in total. The van der Waals surface area contributed by atoms with Gasteiger partial charge in [-0.15, -0.1) is 0 Å². The lowest BCUT2D eigenvalue weighted by Crippen LogP contribution is -2.25. The molecule has 0 fully saturated rings. The van der Waals surface area contributed by atoms with Gasteiger partial charge in [0.25, 0.3) is 5.91 Å². The van der Waals surface area contributed by atoms with Gasteiger partial charge in [-0.1, -0.05) is 11.3 Å². The minimum Gasteiger partial charge on any atom is -0.394 e. The molecule has 0 aliphatic rings. The van der Waals surface area contributed by atoms with E-state index in [-0.39, 0.29) is 29.9 Å². The summed E-state index contributed by atoms with van der Waals surface area (Å²) in [6.07, 6.45) is 1.04. The van der Waals surface area contributed by atoms with Crippen LogP contribution in [0.3, 0.4) is 0 Å². The van der Waals surface area contributed by atoms with E-state index in [9.17, 15) is 13.6 Å². The van der Waals surface area contributed by atoms with Crippen LogP contribution in [-0.2, 0) is 4.84 Å². The first-order chi connectivity index (χ1) is 12.5. The molecule has 1 amide bonds. The minimum absolute atomic E-state index is 0.0767. The van der Waals surface area contributed by atoms with E-state index in [1.54, 1.807) is 12.1 Å². The number of rotatable bonds is 6. The van der Waals surface area contributed by atoms with E-state index in [4.69, 9.17) is 9.94 Å². The molecule has 0 atom stereocenters. The Morgan fingerprint density at radius 3 is 2.88 bits per heavy atom. The van der Waals surface area contributed by atoms with Gasteiger partial charge in [-0.2, -0.15) is 0 Å². The maximum absolute atomic E-state index is 14.1. The maximum atomic E-state index is 14.1. The molecule has 3 rings (SSSR count). The highest BCUT2D eigenvalue weighted by Gasteiger charge is 2.21. The number of nitrogens with one attached hydrogen (secondary N) is 2. The maximum Gasteiger partial charge on any atom is 0.278 e. The third-order valence-electron chi connectivity index (χ3n) is 3.28. The Bertz CT molecular complexity index is 967. The lowest BCUT2D eigenvalue weighted by atomic mass is 10.2. The number of amides is 1. The monoisotopic (exact) mass is 491 g/mol. The van der Waals surface area contributed by atoms with Gasteiger partial charge >= 0.3 is 0 Å². The summed E-state index contributed by atoms with van der Waals surface area (Å²) >= 11 is 3.07. The number of hydroxylamine groups is 1. The molecule has 0 saturated heterocycles. The van der Waals surface area contributed by atoms with Crippen LogP contribution >= 0.6 is 33.9 Å². The number of hydrogen-bond donors (Lipinski definition) is 3. The average molecular weight is 491 g/mol. The number of aliphatic hydroxyl groups excluding tert-OH is 1. The largest absolute Gasteiger partial charge is 0.394 e. The van der Waals surface area contributed by atoms with Crippen molar-refractivity contribution < 1.29 is 23.5 Å². The van der Waals surface area contributed by atoms with E-state index >= 15 is 0 Å². The number of anilines is 2. The predicted molar refractivity (Wildman–Crippen MR) is 102 cm³/mol. The second-order valence-electron chi connectivity index (χ2n) is 5.06. The molecule has 0 spiro atoms. The second-order valence-corrected chi connectivity index (χ2v) is 7.31. The Morgan fingerprint density at radius 1 is 1.35 bits per heavy atom. The van der Waals surface area contributed by atoms with Crippen LogP contribution < -0.4 is 10.8 Å². The van der Waals surface area contributed by atoms with E-state index in [0.717, 1.165) is 21.1 Å². The molecule has 0 saturated carbocycles. The van der Waals surface area contributed by atoms with Crippen LogP contribution in [0.25, 0.3) is 10.2 Å². The molecular formula is C16H12F2IN3O3S. The van der Waals surface area contributed by atoms with Gasteiger partial charge in [0.2, 0.25) is 0 Å². The number of thiophene rings is 1. The summed E-state index contributed by atoms with van der Waals surface area (Å²) in [4.78, 5) is 21.7. The molecule has 3 N–H and O–H groups in total. The topological polar surface area (TPSA) is 83.5 Å². The van der Waals surface area contributed by atoms with Gasteiger partial charge in [-0.3, -0.25) is 9.63 Å². The number of fused-ring (bicyclic) bond motifs is 1. The summed E-state index contributed by atoms with van der Waals surface area (Å²) in [7, 11) is 0. The molecule has 2 aromatic heterocycles. The van der Waals surface area contributed by atoms with Crippen molar-refractivity contribution >= 4 is 60.7 Å². The molecule has 3 aromatic rings. The highest BCUT2D eigenvalue weighted by atomic mass is 127. The third kappa shape index (κ3) is 4.09. The molecule has 10 heteroatoms. The summed E-state index contributed by atoms with van der Waals surface area (Å²) in [5.74, 6) is -1.76. The van der Waals surface area contributed by atoms with Crippen LogP contribution in [0.2, 0.25) is 0 Å². The van der Waals surface area contributed by atoms with Gasteiger partial charge in [0.15, 0.2) is 0 Å². The Hall–Kier alpha value is -1.89. The molecule has 0 aliphatic heterocycles. The number of aromatic nitrogens is 1. The molecule has 0 unspecified atom stereocenters. The summed E-state index contributed by atoms with van der Waals surface area (Å²) in [6.45, 7) is -0.380. The molecule has 0 aliphatic carbocycles. The number of hydrogen-bond acceptors (Lipinski definition) is 6. The van der Waals surface area contributed by atoms with E-state index in [1.165, 1.54) is 12.1 Å². The van der Waals surface area contributed by atoms with Crippen LogP contribution in [-0.4, -0.2) is 29.2 Å². The van der Waals surface area contributed by atoms with Crippen molar-refractivity contribution in [2.24, 2.45) is 0 Å². The van der Waals surface area contributed by atoms with Gasteiger partial charge in [-0.05, 0) is 46.9 Å². The number of benzene rings is 1. The summed E-state index contributed by atoms with van der Waals surface area (Å²) in [5.41, 5.74) is 2.42. The minimum atomic E-state index is -0.662. The Kier molecular flexibility index (Phi) is 5.96. The average Bonchev–Trinajstić information content (AvgIpc) is 2.94. The van der Waals surface area contributed by atoms with Crippen LogP contribution in [0, 0.1) is 15.2 Å². The first kappa shape index (κ1) is 18.9. The van der Waals surface area contributed by atoms with Crippen molar-refractivity contribution in [2.45, 2.75) is 0 Å². The molecule has 2 heterocycles. The van der Waals surface area contributed by atoms with Crippen LogP contribution in [0.15, 0.2) is 30.5 Å². The smallest absolute Gasteiger partial charge is 0.278 e. The first-order valence-electron chi connectivity index (χ1n) is 7.32. The molecular weight excluding hydrogens is 479 g/mol. The fourth-order valence-corrected chi connectivity index (χ4v) is 3.69. The summed E-state index contributed by atoms with van der Waals surface area (Å²) in [5, 5.41) is 12.2. The standard InChI is InChI=1S/C16H12F2IN3O3S/c17-8-5-10-13(14(24)22-25-4-3-23)16(26-15(10)20-7-8)21-12-2-1-9(19)6-11(12)18/h1-2,5-7,21,23H,3-4H2,(H,22,24). The fourth-order valence-electron chi connectivity index (χ4n) is 2.20. The van der Waals surface area contributed by atoms with Gasteiger partial charge in [0, 0.05) is 8.96 Å². The first-order valence-corrected chi connectivity index (χ1v) is 9.22. The summed E-state index contributed by atoms with van der Waals surface area (Å²) in [6, 6.07) is 5.77. The highest BCUT2D eigenvalue weighted by Crippen LogP contribution is 2.37. The second kappa shape index (κ2) is 8.20. The van der Waals surface area contributed by atoms with Crippen molar-refractivity contribution in [2.75, 3.05) is 18.5 Å². The van der Waals surface area contributed by atoms with Gasteiger partial charge < -0.3 is 10.4 Å². The van der Waals surface area contributed by atoms with Crippen molar-refractivity contribution in [3.8, 4) is 0 Å². The summed E-state index contributed by atoms with van der Waals surface area (Å²) < 4.78 is 28.5. The lowest BCUT2D eigenvalue weighted by Gasteiger charge is -2.09. The van der Waals surface area contributed by atoms with Gasteiger partial charge in [0.05, 0.1) is 30.7 Å². The number of pyridine rings is 1. The zero-order chi connectivity index (χ0) is 18.7. The normalized spacial score (nSPS) is 10.9. The van der Waals surface area contributed by atoms with Gasteiger partial charge in [-0.25, -0.2) is 19.2 Å². The van der Waals surface area contributed by atoms with E-state index in [0.29, 0.717) is 9.83 Å². The van der Waals surface area contributed by atoms with Crippen molar-refractivity contribution in [3.63, 3.8) is 0 Å². The molecule has 0 radical (unpaired) electrons. The zero-order valence-corrected chi connectivity index (χ0v) is 16.0. The highest BCUT2D eigenvalue weighted by molar-refractivity contribution is 14.1. The Labute approximate surface area is 164 Å². The molecule has 136 valence electrons. The third-order valence-corrected chi connectivity index (χ3v) is 4.98. The number of aliphatic hydroxyl groups is 1. The molecule has 26 heavy (non-hydrogen) atoms. The van der Waals surface area contributed by atoms with E-state index < -0.39 is 17.5 Å². The number of carbonyl (C=O) groups is 1. The quantitative estimate of drug-likeness (QED) is 0.279. The molecule has 1 aromatic carbocycles. The zero-order valence-electron chi connectivity index (χ0n) is 13.1. The number of halogens is 3. The van der Waals surface area contributed by atoms with E-state index in [1.807, 2.05) is 22.6 Å². The van der Waals surface area contributed by atoms with Crippen molar-refractivity contribution in [3.05, 3.63) is 51.2 Å². The SMILES string of the molecule is O=C(NOCCO)c1c(Nc2ccc(I)cc2F)sc2ncc(F)cc12. The van der Waals surface area contributed by atoms with Crippen LogP contribution in [0.1, 0.15) is 10.4 Å². The predicted octanol–water partition coefficient (Wildman–Crippen LogP) is 3.58. The number of carbonyl (C=O) groups excluding carboxylic acids is 1. The van der Waals surface area contributed by atoms with Crippen molar-refractivity contribution in [1.82, 2.24) is 10.5 Å². The van der Waals surface area contributed by atoms with E-state index in [2.05, 4.69) is 15.8 Å². The Balaban J connectivity index is 2.03. The van der Waals surface area contributed by atoms with Crippen molar-refractivity contribution in [1.29, 1.82) is 0 Å².